The maximum atomic E-state index is 5.96. The van der Waals surface area contributed by atoms with Crippen molar-refractivity contribution < 1.29 is 4.74 Å². The van der Waals surface area contributed by atoms with Gasteiger partial charge in [0.2, 0.25) is 0 Å². The molecule has 0 radical (unpaired) electrons. The van der Waals surface area contributed by atoms with Gasteiger partial charge in [-0.25, -0.2) is 0 Å². The van der Waals surface area contributed by atoms with Crippen LogP contribution in [-0.2, 0) is 10.8 Å². The fraction of sp³-hybridized carbons (Fsp3) is 0.667. The van der Waals surface area contributed by atoms with Crippen LogP contribution in [0.25, 0.3) is 0 Å². The molecule has 1 fully saturated rings. The van der Waals surface area contributed by atoms with Crippen LogP contribution in [0.5, 0.6) is 0 Å². The maximum absolute atomic E-state index is 5.96. The Morgan fingerprint density at radius 3 is 2.36 bits per heavy atom. The number of ether oxygens (including phenoxy) is 1. The molecule has 22 heavy (non-hydrogen) atoms. The van der Waals surface area contributed by atoms with E-state index >= 15 is 0 Å². The van der Waals surface area contributed by atoms with Crippen molar-refractivity contribution in [3.05, 3.63) is 34.9 Å². The number of rotatable bonds is 6. The number of nitrogens with zero attached hydrogens (tertiary/aromatic N) is 1. The van der Waals surface area contributed by atoms with Crippen molar-refractivity contribution in [2.45, 2.75) is 57.4 Å². The Labute approximate surface area is 143 Å². The quantitative estimate of drug-likeness (QED) is 0.733. The summed E-state index contributed by atoms with van der Waals surface area (Å²) in [4.78, 5) is 2.58. The van der Waals surface area contributed by atoms with E-state index in [1.54, 1.807) is 0 Å². The maximum Gasteiger partial charge on any atom is 0.0678 e. The standard InChI is InChI=1S/C18H30ClNOSi/c1-14-11-20(12-15(2)21-14)10-9-18(3,4)22-13-16-5-7-17(19)8-6-16/h5-8,14-15H,9-13,22H2,1-4H3. The summed E-state index contributed by atoms with van der Waals surface area (Å²) in [5.74, 6) is 0. The molecule has 124 valence electrons. The van der Waals surface area contributed by atoms with Crippen LogP contribution in [0.4, 0.5) is 0 Å². The fourth-order valence-corrected chi connectivity index (χ4v) is 5.02. The van der Waals surface area contributed by atoms with Gasteiger partial charge in [-0.2, -0.15) is 0 Å². The minimum atomic E-state index is -0.145. The summed E-state index contributed by atoms with van der Waals surface area (Å²) in [6.07, 6.45) is 2.04. The number of halogens is 1. The summed E-state index contributed by atoms with van der Waals surface area (Å²) >= 11 is 5.96. The monoisotopic (exact) mass is 339 g/mol. The molecule has 0 saturated carbocycles. The smallest absolute Gasteiger partial charge is 0.0678 e. The highest BCUT2D eigenvalue weighted by atomic mass is 35.5. The Bertz CT molecular complexity index is 453. The summed E-state index contributed by atoms with van der Waals surface area (Å²) in [6.45, 7) is 12.6. The summed E-state index contributed by atoms with van der Waals surface area (Å²) in [5, 5.41) is 1.34. The van der Waals surface area contributed by atoms with Crippen LogP contribution in [-0.4, -0.2) is 46.3 Å². The lowest BCUT2D eigenvalue weighted by atomic mass is 10.1. The lowest BCUT2D eigenvalue weighted by molar-refractivity contribution is -0.0685. The molecule has 2 rings (SSSR count). The van der Waals surface area contributed by atoms with Gasteiger partial charge in [0.15, 0.2) is 0 Å². The average Bonchev–Trinajstić information content (AvgIpc) is 2.44. The van der Waals surface area contributed by atoms with Gasteiger partial charge < -0.3 is 4.74 Å². The van der Waals surface area contributed by atoms with Gasteiger partial charge in [0, 0.05) is 27.6 Å². The Kier molecular flexibility index (Phi) is 6.51. The molecule has 1 aliphatic rings. The predicted octanol–water partition coefficient (Wildman–Crippen LogP) is 3.71. The van der Waals surface area contributed by atoms with Crippen molar-refractivity contribution in [3.8, 4) is 0 Å². The molecule has 1 aliphatic heterocycles. The Morgan fingerprint density at radius 2 is 1.77 bits per heavy atom. The second-order valence-corrected chi connectivity index (χ2v) is 10.9. The fourth-order valence-electron chi connectivity index (χ4n) is 3.19. The van der Waals surface area contributed by atoms with Gasteiger partial charge in [0.1, 0.15) is 0 Å². The first-order valence-corrected chi connectivity index (χ1v) is 10.5. The third kappa shape index (κ3) is 6.03. The van der Waals surface area contributed by atoms with Gasteiger partial charge in [-0.1, -0.05) is 43.1 Å². The Hall–Kier alpha value is -0.353. The minimum absolute atomic E-state index is 0.145. The molecule has 2 atom stereocenters. The molecular weight excluding hydrogens is 310 g/mol. The predicted molar refractivity (Wildman–Crippen MR) is 98.8 cm³/mol. The van der Waals surface area contributed by atoms with Crippen LogP contribution in [0.1, 0.15) is 39.7 Å². The van der Waals surface area contributed by atoms with Gasteiger partial charge in [0.05, 0.1) is 12.2 Å². The molecule has 0 N–H and O–H groups in total. The normalized spacial score (nSPS) is 24.2. The van der Waals surface area contributed by atoms with E-state index in [1.165, 1.54) is 24.6 Å². The number of morpholine rings is 1. The number of benzene rings is 1. The van der Waals surface area contributed by atoms with Crippen molar-refractivity contribution in [2.24, 2.45) is 0 Å². The van der Waals surface area contributed by atoms with E-state index in [4.69, 9.17) is 16.3 Å². The van der Waals surface area contributed by atoms with Crippen LogP contribution in [0.2, 0.25) is 10.1 Å². The van der Waals surface area contributed by atoms with Gasteiger partial charge in [0.25, 0.3) is 0 Å². The Balaban J connectivity index is 1.76. The summed E-state index contributed by atoms with van der Waals surface area (Å²) in [6, 6.07) is 9.64. The zero-order chi connectivity index (χ0) is 16.2. The molecule has 0 amide bonds. The van der Waals surface area contributed by atoms with E-state index in [9.17, 15) is 0 Å². The highest BCUT2D eigenvalue weighted by molar-refractivity contribution is 6.39. The van der Waals surface area contributed by atoms with Crippen LogP contribution >= 0.6 is 11.6 Å². The highest BCUT2D eigenvalue weighted by Gasteiger charge is 2.25. The minimum Gasteiger partial charge on any atom is -0.373 e. The summed E-state index contributed by atoms with van der Waals surface area (Å²) in [7, 11) is -0.145. The zero-order valence-electron chi connectivity index (χ0n) is 14.4. The number of hydrogen-bond acceptors (Lipinski definition) is 2. The van der Waals surface area contributed by atoms with Crippen molar-refractivity contribution in [3.63, 3.8) is 0 Å². The largest absolute Gasteiger partial charge is 0.373 e. The molecule has 2 nitrogen and oxygen atoms in total. The van der Waals surface area contributed by atoms with E-state index in [0.717, 1.165) is 18.1 Å². The lowest BCUT2D eigenvalue weighted by Crippen LogP contribution is -2.46. The molecule has 0 bridgehead atoms. The van der Waals surface area contributed by atoms with E-state index in [2.05, 4.69) is 44.7 Å². The molecule has 1 aromatic rings. The average molecular weight is 340 g/mol. The van der Waals surface area contributed by atoms with Crippen molar-refractivity contribution in [2.75, 3.05) is 19.6 Å². The van der Waals surface area contributed by atoms with Gasteiger partial charge in [-0.05, 0) is 50.0 Å². The van der Waals surface area contributed by atoms with Gasteiger partial charge >= 0.3 is 0 Å². The molecule has 1 heterocycles. The topological polar surface area (TPSA) is 12.5 Å². The molecule has 2 unspecified atom stereocenters. The van der Waals surface area contributed by atoms with Crippen molar-refractivity contribution in [1.29, 1.82) is 0 Å². The SMILES string of the molecule is CC1CN(CCC(C)(C)[SiH2]Cc2ccc(Cl)cc2)CC(C)O1. The molecule has 1 saturated heterocycles. The summed E-state index contributed by atoms with van der Waals surface area (Å²) in [5.41, 5.74) is 1.44. The second-order valence-electron chi connectivity index (χ2n) is 7.56. The second kappa shape index (κ2) is 7.96. The van der Waals surface area contributed by atoms with Gasteiger partial charge in [-0.3, -0.25) is 4.90 Å². The zero-order valence-corrected chi connectivity index (χ0v) is 16.6. The molecule has 0 aliphatic carbocycles. The molecule has 1 aromatic carbocycles. The lowest BCUT2D eigenvalue weighted by Gasteiger charge is -2.37. The number of hydrogen-bond donors (Lipinski definition) is 0. The van der Waals surface area contributed by atoms with Crippen LogP contribution < -0.4 is 0 Å². The third-order valence-corrected chi connectivity index (χ3v) is 7.39. The van der Waals surface area contributed by atoms with E-state index < -0.39 is 0 Å². The summed E-state index contributed by atoms with van der Waals surface area (Å²) < 4.78 is 5.82. The molecular formula is C18H30ClNOSi. The van der Waals surface area contributed by atoms with Crippen molar-refractivity contribution in [1.82, 2.24) is 4.90 Å². The van der Waals surface area contributed by atoms with Crippen LogP contribution in [0.15, 0.2) is 24.3 Å². The Morgan fingerprint density at radius 1 is 1.18 bits per heavy atom. The molecule has 0 spiro atoms. The molecule has 4 heteroatoms. The first-order valence-electron chi connectivity index (χ1n) is 8.46. The van der Waals surface area contributed by atoms with Crippen molar-refractivity contribution >= 4 is 21.1 Å². The van der Waals surface area contributed by atoms with E-state index in [1.807, 2.05) is 12.1 Å². The van der Waals surface area contributed by atoms with E-state index in [-0.39, 0.29) is 9.52 Å². The first-order chi connectivity index (χ1) is 10.3. The van der Waals surface area contributed by atoms with Crippen LogP contribution in [0.3, 0.4) is 0 Å². The molecule has 0 aromatic heterocycles. The van der Waals surface area contributed by atoms with Gasteiger partial charge in [-0.15, -0.1) is 0 Å². The first kappa shape index (κ1) is 18.0. The highest BCUT2D eigenvalue weighted by Crippen LogP contribution is 2.29. The third-order valence-electron chi connectivity index (χ3n) is 4.60. The van der Waals surface area contributed by atoms with E-state index in [0.29, 0.717) is 17.2 Å². The van der Waals surface area contributed by atoms with Crippen LogP contribution in [0, 0.1) is 0 Å².